The van der Waals surface area contributed by atoms with Gasteiger partial charge in [0.1, 0.15) is 0 Å². The summed E-state index contributed by atoms with van der Waals surface area (Å²) in [7, 11) is 0. The van der Waals surface area contributed by atoms with Crippen LogP contribution in [0.4, 0.5) is 0 Å². The minimum Gasteiger partial charge on any atom is -0.478 e. The number of nitrogens with zero attached hydrogens (tertiary/aromatic N) is 1. The van der Waals surface area contributed by atoms with Crippen molar-refractivity contribution in [2.45, 2.75) is 26.4 Å². The molecule has 0 spiro atoms. The Hall–Kier alpha value is -2.10. The number of carboxylic acids is 1. The van der Waals surface area contributed by atoms with Crippen molar-refractivity contribution in [3.63, 3.8) is 0 Å². The Balaban J connectivity index is 2.57. The van der Waals surface area contributed by atoms with Gasteiger partial charge in [-0.15, -0.1) is 0 Å². The van der Waals surface area contributed by atoms with Crippen LogP contribution in [0.15, 0.2) is 30.5 Å². The molecule has 2 aromatic rings. The zero-order chi connectivity index (χ0) is 13.1. The number of benzene rings is 1. The fourth-order valence-corrected chi connectivity index (χ4v) is 1.70. The summed E-state index contributed by atoms with van der Waals surface area (Å²) in [6.07, 6.45) is 2.27. The number of hydrogen-bond donors (Lipinski definition) is 1. The van der Waals surface area contributed by atoms with Gasteiger partial charge >= 0.3 is 5.97 Å². The summed E-state index contributed by atoms with van der Waals surface area (Å²) in [5, 5.41) is 10.5. The van der Waals surface area contributed by atoms with E-state index in [9.17, 15) is 4.79 Å². The normalized spacial score (nSPS) is 12.3. The first-order valence-electron chi connectivity index (χ1n) is 5.91. The third-order valence-electron chi connectivity index (χ3n) is 2.88. The van der Waals surface area contributed by atoms with E-state index in [1.54, 1.807) is 6.07 Å². The smallest absolute Gasteiger partial charge is 0.337 e. The third kappa shape index (κ3) is 2.27. The molecule has 0 bridgehead atoms. The molecule has 1 aromatic heterocycles. The fourth-order valence-electron chi connectivity index (χ4n) is 1.70. The number of ether oxygens (including phenoxy) is 1. The molecule has 0 amide bonds. The molecule has 1 N–H and O–H groups in total. The van der Waals surface area contributed by atoms with E-state index in [1.165, 1.54) is 6.20 Å². The van der Waals surface area contributed by atoms with Crippen molar-refractivity contribution in [2.75, 3.05) is 0 Å². The Morgan fingerprint density at radius 3 is 2.67 bits per heavy atom. The van der Waals surface area contributed by atoms with Gasteiger partial charge in [0.2, 0.25) is 5.88 Å². The minimum atomic E-state index is -0.978. The summed E-state index contributed by atoms with van der Waals surface area (Å²) in [5.74, 6) is -0.487. The van der Waals surface area contributed by atoms with Gasteiger partial charge in [0.25, 0.3) is 0 Å². The van der Waals surface area contributed by atoms with Gasteiger partial charge in [-0.25, -0.2) is 9.78 Å². The largest absolute Gasteiger partial charge is 0.478 e. The molecule has 1 atom stereocenters. The Bertz CT molecular complexity index is 580. The molecule has 0 aliphatic carbocycles. The summed E-state index contributed by atoms with van der Waals surface area (Å²) in [6, 6.07) is 7.25. The van der Waals surface area contributed by atoms with Crippen LogP contribution in [-0.2, 0) is 0 Å². The molecular weight excluding hydrogens is 230 g/mol. The van der Waals surface area contributed by atoms with Gasteiger partial charge < -0.3 is 9.84 Å². The van der Waals surface area contributed by atoms with Crippen LogP contribution in [0.3, 0.4) is 0 Å². The molecule has 4 nitrogen and oxygen atoms in total. The second kappa shape index (κ2) is 5.04. The van der Waals surface area contributed by atoms with Crippen LogP contribution in [-0.4, -0.2) is 22.2 Å². The molecule has 0 saturated heterocycles. The highest BCUT2D eigenvalue weighted by Crippen LogP contribution is 2.27. The molecule has 2 rings (SSSR count). The van der Waals surface area contributed by atoms with Gasteiger partial charge in [0.15, 0.2) is 0 Å². The van der Waals surface area contributed by atoms with Crippen LogP contribution in [0.25, 0.3) is 10.8 Å². The van der Waals surface area contributed by atoms with Gasteiger partial charge in [-0.2, -0.15) is 0 Å². The van der Waals surface area contributed by atoms with E-state index in [-0.39, 0.29) is 11.7 Å². The number of rotatable bonds is 4. The summed E-state index contributed by atoms with van der Waals surface area (Å²) in [6.45, 7) is 3.99. The molecule has 4 heteroatoms. The van der Waals surface area contributed by atoms with E-state index < -0.39 is 5.97 Å². The summed E-state index contributed by atoms with van der Waals surface area (Å²) in [4.78, 5) is 15.2. The highest BCUT2D eigenvalue weighted by Gasteiger charge is 2.14. The molecule has 0 saturated carbocycles. The molecule has 94 valence electrons. The van der Waals surface area contributed by atoms with Crippen molar-refractivity contribution in [3.8, 4) is 5.88 Å². The fraction of sp³-hybridized carbons (Fsp3) is 0.286. The molecule has 0 fully saturated rings. The Morgan fingerprint density at radius 2 is 2.06 bits per heavy atom. The monoisotopic (exact) mass is 245 g/mol. The van der Waals surface area contributed by atoms with Crippen molar-refractivity contribution in [3.05, 3.63) is 36.0 Å². The summed E-state index contributed by atoms with van der Waals surface area (Å²) in [5.41, 5.74) is 0.196. The first-order valence-corrected chi connectivity index (χ1v) is 5.91. The molecule has 1 aromatic carbocycles. The number of aromatic carboxylic acids is 1. The number of aromatic nitrogens is 1. The van der Waals surface area contributed by atoms with Gasteiger partial charge in [-0.3, -0.25) is 0 Å². The van der Waals surface area contributed by atoms with E-state index in [2.05, 4.69) is 4.98 Å². The quantitative estimate of drug-likeness (QED) is 0.899. The first-order chi connectivity index (χ1) is 8.63. The van der Waals surface area contributed by atoms with Crippen molar-refractivity contribution in [2.24, 2.45) is 0 Å². The van der Waals surface area contributed by atoms with E-state index in [1.807, 2.05) is 32.0 Å². The standard InChI is InChI=1S/C14H15NO3/c1-3-9(2)18-13-11-7-5-4-6-10(11)12(8-15-13)14(16)17/h4-9H,3H2,1-2H3,(H,16,17). The van der Waals surface area contributed by atoms with E-state index in [0.29, 0.717) is 11.3 Å². The highest BCUT2D eigenvalue weighted by atomic mass is 16.5. The number of fused-ring (bicyclic) bond motifs is 1. The van der Waals surface area contributed by atoms with Crippen LogP contribution < -0.4 is 4.74 Å². The third-order valence-corrected chi connectivity index (χ3v) is 2.88. The predicted octanol–water partition coefficient (Wildman–Crippen LogP) is 3.11. The van der Waals surface area contributed by atoms with Gasteiger partial charge in [0.05, 0.1) is 11.7 Å². The van der Waals surface area contributed by atoms with Crippen LogP contribution in [0.1, 0.15) is 30.6 Å². The maximum Gasteiger partial charge on any atom is 0.337 e. The van der Waals surface area contributed by atoms with E-state index in [0.717, 1.165) is 11.8 Å². The maximum atomic E-state index is 11.1. The lowest BCUT2D eigenvalue weighted by Crippen LogP contribution is -2.11. The van der Waals surface area contributed by atoms with Gasteiger partial charge in [0, 0.05) is 17.0 Å². The maximum absolute atomic E-state index is 11.1. The second-order valence-electron chi connectivity index (χ2n) is 4.16. The minimum absolute atomic E-state index is 0.0524. The zero-order valence-electron chi connectivity index (χ0n) is 10.4. The molecule has 18 heavy (non-hydrogen) atoms. The van der Waals surface area contributed by atoms with E-state index >= 15 is 0 Å². The lowest BCUT2D eigenvalue weighted by Gasteiger charge is -2.14. The predicted molar refractivity (Wildman–Crippen MR) is 69.1 cm³/mol. The summed E-state index contributed by atoms with van der Waals surface area (Å²) >= 11 is 0. The number of carbonyl (C=O) groups is 1. The van der Waals surface area contributed by atoms with E-state index in [4.69, 9.17) is 9.84 Å². The Morgan fingerprint density at radius 1 is 1.39 bits per heavy atom. The zero-order valence-corrected chi connectivity index (χ0v) is 10.4. The van der Waals surface area contributed by atoms with Crippen molar-refractivity contribution in [1.82, 2.24) is 4.98 Å². The van der Waals surface area contributed by atoms with Crippen molar-refractivity contribution >= 4 is 16.7 Å². The molecule has 0 aliphatic rings. The number of pyridine rings is 1. The molecule has 0 radical (unpaired) electrons. The molecular formula is C14H15NO3. The number of carboxylic acid groups (broad SMARTS) is 1. The van der Waals surface area contributed by atoms with Gasteiger partial charge in [-0.1, -0.05) is 25.1 Å². The van der Waals surface area contributed by atoms with Crippen molar-refractivity contribution in [1.29, 1.82) is 0 Å². The average molecular weight is 245 g/mol. The van der Waals surface area contributed by atoms with Crippen LogP contribution in [0.2, 0.25) is 0 Å². The van der Waals surface area contributed by atoms with Crippen LogP contribution in [0, 0.1) is 0 Å². The molecule has 1 heterocycles. The van der Waals surface area contributed by atoms with Gasteiger partial charge in [-0.05, 0) is 19.4 Å². The van der Waals surface area contributed by atoms with Crippen LogP contribution >= 0.6 is 0 Å². The molecule has 0 aliphatic heterocycles. The lowest BCUT2D eigenvalue weighted by molar-refractivity contribution is 0.0698. The topological polar surface area (TPSA) is 59.4 Å². The highest BCUT2D eigenvalue weighted by molar-refractivity contribution is 6.04. The molecule has 1 unspecified atom stereocenters. The van der Waals surface area contributed by atoms with Crippen LogP contribution in [0.5, 0.6) is 5.88 Å². The van der Waals surface area contributed by atoms with Crippen molar-refractivity contribution < 1.29 is 14.6 Å². The SMILES string of the molecule is CCC(C)Oc1ncc(C(=O)O)c2ccccc12. The lowest BCUT2D eigenvalue weighted by atomic mass is 10.1. The first kappa shape index (κ1) is 12.4. The average Bonchev–Trinajstić information content (AvgIpc) is 2.38. The second-order valence-corrected chi connectivity index (χ2v) is 4.16. The Kier molecular flexibility index (Phi) is 3.46. The summed E-state index contributed by atoms with van der Waals surface area (Å²) < 4.78 is 5.71. The Labute approximate surface area is 105 Å². The number of hydrogen-bond acceptors (Lipinski definition) is 3.